The maximum absolute atomic E-state index is 5.94. The monoisotopic (exact) mass is 243 g/mol. The number of aryl methyl sites for hydroxylation is 1. The lowest BCUT2D eigenvalue weighted by molar-refractivity contribution is 0.270. The molecule has 0 fully saturated rings. The van der Waals surface area contributed by atoms with Gasteiger partial charge in [-0.15, -0.1) is 0 Å². The standard InChI is InChI=1S/C11H18ClN3O/c1-8-10(12)13-9(2)14-11(8)16-7-5-6-15(3)4/h5-7H2,1-4H3. The van der Waals surface area contributed by atoms with Gasteiger partial charge in [0.25, 0.3) is 0 Å². The highest BCUT2D eigenvalue weighted by Gasteiger charge is 2.08. The van der Waals surface area contributed by atoms with Gasteiger partial charge in [-0.25, -0.2) is 4.98 Å². The van der Waals surface area contributed by atoms with E-state index in [2.05, 4.69) is 14.9 Å². The molecule has 0 saturated carbocycles. The molecule has 0 N–H and O–H groups in total. The molecule has 0 aromatic carbocycles. The summed E-state index contributed by atoms with van der Waals surface area (Å²) < 4.78 is 5.59. The number of hydrogen-bond donors (Lipinski definition) is 0. The van der Waals surface area contributed by atoms with Gasteiger partial charge in [0.15, 0.2) is 0 Å². The molecular formula is C11H18ClN3O. The van der Waals surface area contributed by atoms with E-state index in [-0.39, 0.29) is 0 Å². The molecule has 0 radical (unpaired) electrons. The van der Waals surface area contributed by atoms with Crippen molar-refractivity contribution in [1.82, 2.24) is 14.9 Å². The molecule has 1 aromatic heterocycles. The average molecular weight is 244 g/mol. The van der Waals surface area contributed by atoms with E-state index >= 15 is 0 Å². The fraction of sp³-hybridized carbons (Fsp3) is 0.636. The summed E-state index contributed by atoms with van der Waals surface area (Å²) in [6, 6.07) is 0. The Bertz CT molecular complexity index is 355. The molecule has 0 atom stereocenters. The van der Waals surface area contributed by atoms with Crippen molar-refractivity contribution in [2.24, 2.45) is 0 Å². The highest BCUT2D eigenvalue weighted by Crippen LogP contribution is 2.21. The molecule has 0 aliphatic heterocycles. The lowest BCUT2D eigenvalue weighted by atomic mass is 10.3. The van der Waals surface area contributed by atoms with Crippen LogP contribution in [0, 0.1) is 13.8 Å². The first kappa shape index (κ1) is 13.2. The molecule has 4 nitrogen and oxygen atoms in total. The Hall–Kier alpha value is -0.870. The molecule has 0 amide bonds. The van der Waals surface area contributed by atoms with Crippen LogP contribution in [0.25, 0.3) is 0 Å². The summed E-state index contributed by atoms with van der Waals surface area (Å²) in [5.74, 6) is 1.23. The highest BCUT2D eigenvalue weighted by molar-refractivity contribution is 6.30. The fourth-order valence-electron chi connectivity index (χ4n) is 1.26. The van der Waals surface area contributed by atoms with Crippen LogP contribution in [0.5, 0.6) is 5.88 Å². The van der Waals surface area contributed by atoms with E-state index in [1.807, 2.05) is 21.0 Å². The molecule has 0 saturated heterocycles. The zero-order valence-corrected chi connectivity index (χ0v) is 11.0. The summed E-state index contributed by atoms with van der Waals surface area (Å²) in [4.78, 5) is 10.4. The molecule has 5 heteroatoms. The topological polar surface area (TPSA) is 38.2 Å². The Morgan fingerprint density at radius 3 is 2.56 bits per heavy atom. The predicted octanol–water partition coefficient (Wildman–Crippen LogP) is 2.08. The van der Waals surface area contributed by atoms with E-state index in [1.165, 1.54) is 0 Å². The molecular weight excluding hydrogens is 226 g/mol. The Labute approximate surface area is 102 Å². The van der Waals surface area contributed by atoms with E-state index < -0.39 is 0 Å². The summed E-state index contributed by atoms with van der Waals surface area (Å²) >= 11 is 5.94. The van der Waals surface area contributed by atoms with Gasteiger partial charge in [-0.3, -0.25) is 0 Å². The quantitative estimate of drug-likeness (QED) is 0.586. The van der Waals surface area contributed by atoms with Gasteiger partial charge in [0.05, 0.1) is 6.61 Å². The second kappa shape index (κ2) is 6.01. The smallest absolute Gasteiger partial charge is 0.221 e. The van der Waals surface area contributed by atoms with Crippen molar-refractivity contribution in [3.8, 4) is 5.88 Å². The minimum Gasteiger partial charge on any atom is -0.477 e. The van der Waals surface area contributed by atoms with E-state index in [0.717, 1.165) is 18.5 Å². The van der Waals surface area contributed by atoms with Gasteiger partial charge >= 0.3 is 0 Å². The highest BCUT2D eigenvalue weighted by atomic mass is 35.5. The third-order valence-corrected chi connectivity index (χ3v) is 2.51. The minimum absolute atomic E-state index is 0.468. The van der Waals surface area contributed by atoms with Gasteiger partial charge in [0, 0.05) is 12.1 Å². The lowest BCUT2D eigenvalue weighted by Crippen LogP contribution is -2.16. The van der Waals surface area contributed by atoms with Crippen molar-refractivity contribution in [2.45, 2.75) is 20.3 Å². The van der Waals surface area contributed by atoms with Crippen molar-refractivity contribution in [1.29, 1.82) is 0 Å². The van der Waals surface area contributed by atoms with Crippen LogP contribution < -0.4 is 4.74 Å². The number of hydrogen-bond acceptors (Lipinski definition) is 4. The molecule has 1 heterocycles. The van der Waals surface area contributed by atoms with Gasteiger partial charge in [0.1, 0.15) is 11.0 Å². The molecule has 0 unspecified atom stereocenters. The maximum atomic E-state index is 5.94. The van der Waals surface area contributed by atoms with Gasteiger partial charge in [-0.05, 0) is 34.4 Å². The average Bonchev–Trinajstić information content (AvgIpc) is 2.19. The summed E-state index contributed by atoms with van der Waals surface area (Å²) in [6.07, 6.45) is 0.965. The predicted molar refractivity (Wildman–Crippen MR) is 65.2 cm³/mol. The summed E-state index contributed by atoms with van der Waals surface area (Å²) in [7, 11) is 4.08. The van der Waals surface area contributed by atoms with Crippen LogP contribution in [-0.4, -0.2) is 42.1 Å². The van der Waals surface area contributed by atoms with Crippen LogP contribution in [0.3, 0.4) is 0 Å². The number of rotatable bonds is 5. The van der Waals surface area contributed by atoms with Gasteiger partial charge in [0.2, 0.25) is 5.88 Å². The second-order valence-electron chi connectivity index (χ2n) is 4.00. The molecule has 0 bridgehead atoms. The number of nitrogens with zero attached hydrogens (tertiary/aromatic N) is 3. The van der Waals surface area contributed by atoms with Crippen LogP contribution >= 0.6 is 11.6 Å². The molecule has 0 spiro atoms. The Morgan fingerprint density at radius 2 is 1.94 bits per heavy atom. The van der Waals surface area contributed by atoms with Crippen LogP contribution in [0.15, 0.2) is 0 Å². The van der Waals surface area contributed by atoms with Crippen molar-refractivity contribution in [3.05, 3.63) is 16.5 Å². The van der Waals surface area contributed by atoms with Crippen molar-refractivity contribution in [2.75, 3.05) is 27.2 Å². The fourth-order valence-corrected chi connectivity index (χ4v) is 1.46. The van der Waals surface area contributed by atoms with E-state index in [4.69, 9.17) is 16.3 Å². The summed E-state index contributed by atoms with van der Waals surface area (Å²) in [5.41, 5.74) is 0.803. The molecule has 1 rings (SSSR count). The van der Waals surface area contributed by atoms with Crippen molar-refractivity contribution in [3.63, 3.8) is 0 Å². The van der Waals surface area contributed by atoms with Crippen LogP contribution in [0.1, 0.15) is 17.8 Å². The van der Waals surface area contributed by atoms with Crippen LogP contribution in [0.4, 0.5) is 0 Å². The van der Waals surface area contributed by atoms with E-state index in [9.17, 15) is 0 Å². The minimum atomic E-state index is 0.468. The zero-order valence-electron chi connectivity index (χ0n) is 10.2. The molecule has 90 valence electrons. The normalized spacial score (nSPS) is 10.9. The Kier molecular flexibility index (Phi) is 4.96. The molecule has 16 heavy (non-hydrogen) atoms. The SMILES string of the molecule is Cc1nc(Cl)c(C)c(OCCCN(C)C)n1. The number of halogens is 1. The van der Waals surface area contributed by atoms with Crippen molar-refractivity contribution >= 4 is 11.6 Å². The molecule has 1 aromatic rings. The number of aromatic nitrogens is 2. The van der Waals surface area contributed by atoms with E-state index in [0.29, 0.717) is 23.5 Å². The first-order valence-corrected chi connectivity index (χ1v) is 5.66. The Balaban J connectivity index is 2.53. The maximum Gasteiger partial charge on any atom is 0.221 e. The molecule has 0 aliphatic rings. The molecule has 0 aliphatic carbocycles. The summed E-state index contributed by atoms with van der Waals surface area (Å²) in [6.45, 7) is 5.31. The second-order valence-corrected chi connectivity index (χ2v) is 4.36. The van der Waals surface area contributed by atoms with Gasteiger partial charge in [-0.2, -0.15) is 4.98 Å². The van der Waals surface area contributed by atoms with Gasteiger partial charge < -0.3 is 9.64 Å². The first-order valence-electron chi connectivity index (χ1n) is 5.29. The third kappa shape index (κ3) is 3.94. The largest absolute Gasteiger partial charge is 0.477 e. The Morgan fingerprint density at radius 1 is 1.25 bits per heavy atom. The van der Waals surface area contributed by atoms with E-state index in [1.54, 1.807) is 6.92 Å². The number of ether oxygens (including phenoxy) is 1. The lowest BCUT2D eigenvalue weighted by Gasteiger charge is -2.11. The first-order chi connectivity index (χ1) is 7.50. The summed E-state index contributed by atoms with van der Waals surface area (Å²) in [5, 5.41) is 0.468. The van der Waals surface area contributed by atoms with Crippen molar-refractivity contribution < 1.29 is 4.74 Å². The van der Waals surface area contributed by atoms with Gasteiger partial charge in [-0.1, -0.05) is 11.6 Å². The van der Waals surface area contributed by atoms with Crippen LogP contribution in [-0.2, 0) is 0 Å². The zero-order chi connectivity index (χ0) is 12.1. The third-order valence-electron chi connectivity index (χ3n) is 2.14. The van der Waals surface area contributed by atoms with Crippen LogP contribution in [0.2, 0.25) is 5.15 Å².